The summed E-state index contributed by atoms with van der Waals surface area (Å²) in [6.45, 7) is 1.42. The van der Waals surface area contributed by atoms with Crippen LogP contribution in [-0.2, 0) is 17.9 Å². The third kappa shape index (κ3) is 4.98. The van der Waals surface area contributed by atoms with E-state index >= 15 is 0 Å². The summed E-state index contributed by atoms with van der Waals surface area (Å²) in [5.74, 6) is 0.803. The van der Waals surface area contributed by atoms with Crippen molar-refractivity contribution in [3.8, 4) is 0 Å². The van der Waals surface area contributed by atoms with Crippen LogP contribution in [0.3, 0.4) is 0 Å². The van der Waals surface area contributed by atoms with Crippen LogP contribution in [0.15, 0.2) is 46.1 Å². The molecule has 1 aromatic carbocycles. The van der Waals surface area contributed by atoms with Gasteiger partial charge in [0.05, 0.1) is 19.3 Å². The number of hydrogen-bond donors (Lipinski definition) is 1. The maximum Gasteiger partial charge on any atom is 0.264 e. The summed E-state index contributed by atoms with van der Waals surface area (Å²) in [5.41, 5.74) is 1.45. The molecule has 4 rings (SSSR count). The molecule has 3 aromatic rings. The van der Waals surface area contributed by atoms with Crippen molar-refractivity contribution in [3.63, 3.8) is 0 Å². The van der Waals surface area contributed by atoms with Crippen molar-refractivity contribution in [2.75, 3.05) is 6.54 Å². The second-order valence-electron chi connectivity index (χ2n) is 7.95. The van der Waals surface area contributed by atoms with Gasteiger partial charge in [-0.05, 0) is 30.0 Å². The fourth-order valence-electron chi connectivity index (χ4n) is 4.08. The van der Waals surface area contributed by atoms with Crippen molar-refractivity contribution < 1.29 is 4.79 Å². The zero-order valence-electron chi connectivity index (χ0n) is 16.9. The average Bonchev–Trinajstić information content (AvgIpc) is 3.40. The van der Waals surface area contributed by atoms with Crippen molar-refractivity contribution >= 4 is 32.9 Å². The maximum atomic E-state index is 12.8. The maximum absolute atomic E-state index is 12.8. The highest BCUT2D eigenvalue weighted by Gasteiger charge is 2.16. The van der Waals surface area contributed by atoms with Crippen LogP contribution in [0.5, 0.6) is 0 Å². The third-order valence-corrected chi connectivity index (χ3v) is 6.32. The Labute approximate surface area is 183 Å². The predicted molar refractivity (Wildman–Crippen MR) is 119 cm³/mol. The number of amides is 1. The molecule has 158 valence electrons. The Balaban J connectivity index is 1.35. The zero-order valence-corrected chi connectivity index (χ0v) is 18.5. The Hall–Kier alpha value is -2.48. The number of aromatic nitrogens is 4. The van der Waals surface area contributed by atoms with E-state index in [1.54, 1.807) is 21.8 Å². The zero-order chi connectivity index (χ0) is 20.9. The van der Waals surface area contributed by atoms with Gasteiger partial charge in [-0.3, -0.25) is 14.2 Å². The molecular formula is C22H26BrN5O2. The van der Waals surface area contributed by atoms with E-state index in [0.717, 1.165) is 22.4 Å². The molecule has 30 heavy (non-hydrogen) atoms. The van der Waals surface area contributed by atoms with E-state index in [1.807, 2.05) is 24.3 Å². The monoisotopic (exact) mass is 471 g/mol. The topological polar surface area (TPSA) is 81.8 Å². The third-order valence-electron chi connectivity index (χ3n) is 5.79. The smallest absolute Gasteiger partial charge is 0.264 e. The number of rotatable bonds is 8. The van der Waals surface area contributed by atoms with Crippen LogP contribution in [0.25, 0.3) is 11.0 Å². The molecule has 1 amide bonds. The molecule has 1 aliphatic carbocycles. The molecule has 2 heterocycles. The quantitative estimate of drug-likeness (QED) is 0.544. The van der Waals surface area contributed by atoms with Crippen LogP contribution in [0.2, 0.25) is 0 Å². The Morgan fingerprint density at radius 2 is 1.97 bits per heavy atom. The molecule has 0 aliphatic heterocycles. The van der Waals surface area contributed by atoms with Gasteiger partial charge in [-0.15, -0.1) is 0 Å². The molecule has 1 N–H and O–H groups in total. The standard InChI is InChI=1S/C22H26BrN5O2/c23-18-8-5-17(6-9-18)14-27-15-25-21-19(22(27)30)13-26-28(21)12-11-24-20(29)10-7-16-3-1-2-4-16/h5-6,8-9,13,15-16H,1-4,7,10-12,14H2,(H,24,29). The summed E-state index contributed by atoms with van der Waals surface area (Å²) < 4.78 is 4.26. The first kappa shape index (κ1) is 20.8. The second kappa shape index (κ2) is 9.55. The summed E-state index contributed by atoms with van der Waals surface area (Å²) in [6.07, 6.45) is 9.82. The normalized spacial score (nSPS) is 14.4. The van der Waals surface area contributed by atoms with Gasteiger partial charge in [-0.2, -0.15) is 5.10 Å². The number of halogens is 1. The van der Waals surface area contributed by atoms with Crippen LogP contribution >= 0.6 is 15.9 Å². The lowest BCUT2D eigenvalue weighted by molar-refractivity contribution is -0.121. The van der Waals surface area contributed by atoms with Crippen LogP contribution in [0.1, 0.15) is 44.1 Å². The molecule has 2 aromatic heterocycles. The molecule has 8 heteroatoms. The minimum Gasteiger partial charge on any atom is -0.354 e. The van der Waals surface area contributed by atoms with Crippen LogP contribution in [0.4, 0.5) is 0 Å². The highest BCUT2D eigenvalue weighted by Crippen LogP contribution is 2.28. The highest BCUT2D eigenvalue weighted by molar-refractivity contribution is 9.10. The number of carbonyl (C=O) groups excluding carboxylic acids is 1. The number of nitrogens with zero attached hydrogens (tertiary/aromatic N) is 4. The van der Waals surface area contributed by atoms with Gasteiger partial charge < -0.3 is 5.32 Å². The first-order valence-electron chi connectivity index (χ1n) is 10.5. The van der Waals surface area contributed by atoms with Crippen LogP contribution < -0.4 is 10.9 Å². The molecular weight excluding hydrogens is 446 g/mol. The van der Waals surface area contributed by atoms with Crippen molar-refractivity contribution in [2.24, 2.45) is 5.92 Å². The van der Waals surface area contributed by atoms with Gasteiger partial charge in [0.1, 0.15) is 11.7 Å². The Kier molecular flexibility index (Phi) is 6.62. The number of carbonyl (C=O) groups is 1. The number of hydrogen-bond acceptors (Lipinski definition) is 4. The molecule has 0 radical (unpaired) electrons. The molecule has 0 saturated heterocycles. The molecule has 0 unspecified atom stereocenters. The number of nitrogens with one attached hydrogen (secondary N) is 1. The molecule has 1 fully saturated rings. The van der Waals surface area contributed by atoms with Crippen molar-refractivity contribution in [1.82, 2.24) is 24.6 Å². The fraction of sp³-hybridized carbons (Fsp3) is 0.455. The highest BCUT2D eigenvalue weighted by atomic mass is 79.9. The van der Waals surface area contributed by atoms with Crippen LogP contribution in [-0.4, -0.2) is 31.8 Å². The Morgan fingerprint density at radius 3 is 2.73 bits per heavy atom. The van der Waals surface area contributed by atoms with E-state index in [9.17, 15) is 9.59 Å². The number of fused-ring (bicyclic) bond motifs is 1. The predicted octanol–water partition coefficient (Wildman–Crippen LogP) is 3.49. The lowest BCUT2D eigenvalue weighted by Crippen LogP contribution is -2.28. The van der Waals surface area contributed by atoms with Crippen molar-refractivity contribution in [3.05, 3.63) is 57.2 Å². The summed E-state index contributed by atoms with van der Waals surface area (Å²) in [5, 5.41) is 7.75. The second-order valence-corrected chi connectivity index (χ2v) is 8.86. The first-order valence-corrected chi connectivity index (χ1v) is 11.3. The molecule has 0 atom stereocenters. The van der Waals surface area contributed by atoms with E-state index < -0.39 is 0 Å². The van der Waals surface area contributed by atoms with Crippen molar-refractivity contribution in [2.45, 2.75) is 51.6 Å². The van der Waals surface area contributed by atoms with E-state index in [-0.39, 0.29) is 11.5 Å². The lowest BCUT2D eigenvalue weighted by atomic mass is 10.0. The van der Waals surface area contributed by atoms with E-state index in [1.165, 1.54) is 25.7 Å². The molecule has 1 saturated carbocycles. The van der Waals surface area contributed by atoms with Gasteiger partial charge in [-0.1, -0.05) is 53.7 Å². The van der Waals surface area contributed by atoms with Gasteiger partial charge >= 0.3 is 0 Å². The van der Waals surface area contributed by atoms with E-state index in [0.29, 0.717) is 37.1 Å². The minimum absolute atomic E-state index is 0.0863. The van der Waals surface area contributed by atoms with Gasteiger partial charge in [0, 0.05) is 17.4 Å². The summed E-state index contributed by atoms with van der Waals surface area (Å²) in [6, 6.07) is 7.85. The summed E-state index contributed by atoms with van der Waals surface area (Å²) >= 11 is 3.42. The van der Waals surface area contributed by atoms with Crippen LogP contribution in [0, 0.1) is 5.92 Å². The Bertz CT molecular complexity index is 1070. The number of benzene rings is 1. The van der Waals surface area contributed by atoms with Gasteiger partial charge in [0.2, 0.25) is 5.91 Å². The fourth-order valence-corrected chi connectivity index (χ4v) is 4.35. The minimum atomic E-state index is -0.116. The van der Waals surface area contributed by atoms with E-state index in [4.69, 9.17) is 0 Å². The van der Waals surface area contributed by atoms with E-state index in [2.05, 4.69) is 31.3 Å². The summed E-state index contributed by atoms with van der Waals surface area (Å²) in [4.78, 5) is 29.3. The largest absolute Gasteiger partial charge is 0.354 e. The molecule has 1 aliphatic rings. The van der Waals surface area contributed by atoms with Gasteiger partial charge in [0.25, 0.3) is 5.56 Å². The van der Waals surface area contributed by atoms with Gasteiger partial charge in [-0.25, -0.2) is 9.67 Å². The summed E-state index contributed by atoms with van der Waals surface area (Å²) in [7, 11) is 0. The van der Waals surface area contributed by atoms with Gasteiger partial charge in [0.15, 0.2) is 5.65 Å². The average molecular weight is 472 g/mol. The molecule has 7 nitrogen and oxygen atoms in total. The SMILES string of the molecule is O=C(CCC1CCCC1)NCCn1ncc2c(=O)n(Cc3ccc(Br)cc3)cnc21. The lowest BCUT2D eigenvalue weighted by Gasteiger charge is -2.09. The van der Waals surface area contributed by atoms with Crippen molar-refractivity contribution in [1.29, 1.82) is 0 Å². The molecule has 0 spiro atoms. The Morgan fingerprint density at radius 1 is 1.20 bits per heavy atom. The molecule has 0 bridgehead atoms. The first-order chi connectivity index (χ1) is 14.6.